The summed E-state index contributed by atoms with van der Waals surface area (Å²) in [6.45, 7) is 2.48. The number of rotatable bonds is 5. The van der Waals surface area contributed by atoms with Crippen LogP contribution in [0.3, 0.4) is 0 Å². The first-order chi connectivity index (χ1) is 12.6. The molecule has 7 heteroatoms. The molecule has 0 saturated carbocycles. The number of benzene rings is 1. The van der Waals surface area contributed by atoms with E-state index in [2.05, 4.69) is 5.32 Å². The Balaban J connectivity index is 0.00000261. The summed E-state index contributed by atoms with van der Waals surface area (Å²) in [6, 6.07) is 10.5. The van der Waals surface area contributed by atoms with Gasteiger partial charge >= 0.3 is 0 Å². The summed E-state index contributed by atoms with van der Waals surface area (Å²) in [7, 11) is 3.62. The van der Waals surface area contributed by atoms with E-state index in [0.29, 0.717) is 17.2 Å². The number of likely N-dealkylation sites (tertiary alicyclic amines) is 1. The van der Waals surface area contributed by atoms with Gasteiger partial charge in [-0.05, 0) is 56.6 Å². The van der Waals surface area contributed by atoms with E-state index >= 15 is 0 Å². The van der Waals surface area contributed by atoms with E-state index in [9.17, 15) is 9.59 Å². The zero-order chi connectivity index (χ0) is 18.5. The number of hydrogen-bond acceptors (Lipinski definition) is 4. The van der Waals surface area contributed by atoms with Crippen molar-refractivity contribution in [1.82, 2.24) is 10.2 Å². The fraction of sp³-hybridized carbons (Fsp3) is 0.400. The van der Waals surface area contributed by atoms with Gasteiger partial charge in [0.2, 0.25) is 0 Å². The highest BCUT2D eigenvalue weighted by Gasteiger charge is 2.27. The normalized spacial score (nSPS) is 14.5. The zero-order valence-corrected chi connectivity index (χ0v) is 16.5. The van der Waals surface area contributed by atoms with Crippen molar-refractivity contribution >= 4 is 29.9 Å². The van der Waals surface area contributed by atoms with Crippen LogP contribution in [0.25, 0.3) is 0 Å². The third-order valence-corrected chi connectivity index (χ3v) is 4.93. The van der Waals surface area contributed by atoms with Gasteiger partial charge in [-0.2, -0.15) is 0 Å². The van der Waals surface area contributed by atoms with Crippen molar-refractivity contribution < 1.29 is 14.0 Å². The average Bonchev–Trinajstić information content (AvgIpc) is 3.22. The highest BCUT2D eigenvalue weighted by molar-refractivity contribution is 6.09. The second kappa shape index (κ2) is 9.58. The standard InChI is InChI=1S/C20H25N3O3.ClH/c1-21-14-15-9-11-23(12-10-15)19(24)16-6-3-4-7-17(16)22(2)20(25)18-8-5-13-26-18;/h3-8,13,15,21H,9-12,14H2,1-2H3;1H. The molecule has 27 heavy (non-hydrogen) atoms. The minimum atomic E-state index is -0.275. The van der Waals surface area contributed by atoms with Crippen LogP contribution in [0.4, 0.5) is 5.69 Å². The van der Waals surface area contributed by atoms with Gasteiger partial charge < -0.3 is 19.5 Å². The molecule has 0 spiro atoms. The fourth-order valence-electron chi connectivity index (χ4n) is 3.42. The Hall–Kier alpha value is -2.31. The molecule has 1 aliphatic rings. The molecule has 0 radical (unpaired) electrons. The van der Waals surface area contributed by atoms with Crippen LogP contribution in [0, 0.1) is 5.92 Å². The SMILES string of the molecule is CNCC1CCN(C(=O)c2ccccc2N(C)C(=O)c2ccco2)CC1.Cl. The lowest BCUT2D eigenvalue weighted by atomic mass is 9.96. The van der Waals surface area contributed by atoms with E-state index in [0.717, 1.165) is 32.5 Å². The summed E-state index contributed by atoms with van der Waals surface area (Å²) in [4.78, 5) is 29.0. The number of anilines is 1. The summed E-state index contributed by atoms with van der Waals surface area (Å²) < 4.78 is 5.20. The molecule has 1 saturated heterocycles. The number of nitrogens with zero attached hydrogens (tertiary/aromatic N) is 2. The Kier molecular flexibility index (Phi) is 7.45. The molecule has 2 heterocycles. The molecule has 1 N–H and O–H groups in total. The molecule has 0 aliphatic carbocycles. The number of hydrogen-bond donors (Lipinski definition) is 1. The maximum absolute atomic E-state index is 13.0. The predicted octanol–water partition coefficient (Wildman–Crippen LogP) is 3.05. The summed E-state index contributed by atoms with van der Waals surface area (Å²) in [5, 5.41) is 3.21. The topological polar surface area (TPSA) is 65.8 Å². The predicted molar refractivity (Wildman–Crippen MR) is 108 cm³/mol. The highest BCUT2D eigenvalue weighted by Crippen LogP contribution is 2.25. The monoisotopic (exact) mass is 391 g/mol. The van der Waals surface area contributed by atoms with E-state index in [-0.39, 0.29) is 30.0 Å². The first-order valence-corrected chi connectivity index (χ1v) is 8.96. The highest BCUT2D eigenvalue weighted by atomic mass is 35.5. The Morgan fingerprint density at radius 1 is 1.19 bits per heavy atom. The fourth-order valence-corrected chi connectivity index (χ4v) is 3.42. The first-order valence-electron chi connectivity index (χ1n) is 8.96. The molecule has 0 atom stereocenters. The number of nitrogens with one attached hydrogen (secondary N) is 1. The van der Waals surface area contributed by atoms with E-state index in [1.165, 1.54) is 11.2 Å². The third-order valence-electron chi connectivity index (χ3n) is 4.93. The van der Waals surface area contributed by atoms with Crippen molar-refractivity contribution in [3.8, 4) is 0 Å². The van der Waals surface area contributed by atoms with Gasteiger partial charge in [-0.25, -0.2) is 0 Å². The average molecular weight is 392 g/mol. The lowest BCUT2D eigenvalue weighted by molar-refractivity contribution is 0.0691. The molecule has 0 bridgehead atoms. The second-order valence-corrected chi connectivity index (χ2v) is 6.65. The molecule has 6 nitrogen and oxygen atoms in total. The molecule has 3 rings (SSSR count). The van der Waals surface area contributed by atoms with E-state index in [1.54, 1.807) is 31.3 Å². The number of piperidine rings is 1. The van der Waals surface area contributed by atoms with Crippen molar-refractivity contribution in [2.24, 2.45) is 5.92 Å². The van der Waals surface area contributed by atoms with E-state index in [4.69, 9.17) is 4.42 Å². The maximum Gasteiger partial charge on any atom is 0.293 e. The van der Waals surface area contributed by atoms with Gasteiger partial charge in [0.15, 0.2) is 5.76 Å². The minimum Gasteiger partial charge on any atom is -0.459 e. The smallest absolute Gasteiger partial charge is 0.293 e. The minimum absolute atomic E-state index is 0. The number of furan rings is 1. The van der Waals surface area contributed by atoms with Crippen LogP contribution in [0.5, 0.6) is 0 Å². The molecule has 1 aromatic heterocycles. The Bertz CT molecular complexity index is 756. The van der Waals surface area contributed by atoms with Crippen LogP contribution >= 0.6 is 12.4 Å². The largest absolute Gasteiger partial charge is 0.459 e. The molecule has 1 aromatic carbocycles. The number of halogens is 1. The molecular weight excluding hydrogens is 366 g/mol. The molecule has 1 aliphatic heterocycles. The Morgan fingerprint density at radius 2 is 1.89 bits per heavy atom. The zero-order valence-electron chi connectivity index (χ0n) is 15.7. The van der Waals surface area contributed by atoms with Gasteiger partial charge in [-0.3, -0.25) is 9.59 Å². The van der Waals surface area contributed by atoms with Gasteiger partial charge in [0.05, 0.1) is 17.5 Å². The summed E-state index contributed by atoms with van der Waals surface area (Å²) in [5.41, 5.74) is 1.14. The molecule has 2 aromatic rings. The van der Waals surface area contributed by atoms with Crippen LogP contribution in [0.2, 0.25) is 0 Å². The second-order valence-electron chi connectivity index (χ2n) is 6.65. The molecule has 2 amide bonds. The first kappa shape index (κ1) is 21.0. The van der Waals surface area contributed by atoms with Crippen LogP contribution in [-0.2, 0) is 0 Å². The van der Waals surface area contributed by atoms with Crippen molar-refractivity contribution in [1.29, 1.82) is 0 Å². The van der Waals surface area contributed by atoms with Gasteiger partial charge in [0.25, 0.3) is 11.8 Å². The van der Waals surface area contributed by atoms with Crippen molar-refractivity contribution in [3.63, 3.8) is 0 Å². The Morgan fingerprint density at radius 3 is 2.52 bits per heavy atom. The lowest BCUT2D eigenvalue weighted by Crippen LogP contribution is -2.41. The number of amides is 2. The van der Waals surface area contributed by atoms with Crippen LogP contribution in [0.1, 0.15) is 33.8 Å². The van der Waals surface area contributed by atoms with Crippen LogP contribution in [-0.4, -0.2) is 50.4 Å². The molecule has 0 unspecified atom stereocenters. The van der Waals surface area contributed by atoms with Gasteiger partial charge in [0, 0.05) is 20.1 Å². The van der Waals surface area contributed by atoms with Gasteiger partial charge in [0.1, 0.15) is 0 Å². The summed E-state index contributed by atoms with van der Waals surface area (Å²) in [6.07, 6.45) is 3.46. The van der Waals surface area contributed by atoms with E-state index < -0.39 is 0 Å². The maximum atomic E-state index is 13.0. The Labute approximate surface area is 165 Å². The summed E-state index contributed by atoms with van der Waals surface area (Å²) in [5.74, 6) is 0.565. The van der Waals surface area contributed by atoms with Crippen LogP contribution < -0.4 is 10.2 Å². The lowest BCUT2D eigenvalue weighted by Gasteiger charge is -2.33. The van der Waals surface area contributed by atoms with Crippen molar-refractivity contribution in [2.75, 3.05) is 38.6 Å². The third kappa shape index (κ3) is 4.70. The number of para-hydroxylation sites is 1. The van der Waals surface area contributed by atoms with E-state index in [1.807, 2.05) is 24.1 Å². The molecule has 1 fully saturated rings. The quantitative estimate of drug-likeness (QED) is 0.850. The molecule has 146 valence electrons. The van der Waals surface area contributed by atoms with Gasteiger partial charge in [-0.15, -0.1) is 12.4 Å². The number of carbonyl (C=O) groups is 2. The van der Waals surface area contributed by atoms with Crippen molar-refractivity contribution in [2.45, 2.75) is 12.8 Å². The van der Waals surface area contributed by atoms with Crippen molar-refractivity contribution in [3.05, 3.63) is 54.0 Å². The van der Waals surface area contributed by atoms with Crippen LogP contribution in [0.15, 0.2) is 47.1 Å². The number of carbonyl (C=O) groups excluding carboxylic acids is 2. The summed E-state index contributed by atoms with van der Waals surface area (Å²) >= 11 is 0. The molecular formula is C20H26ClN3O3. The van der Waals surface area contributed by atoms with Gasteiger partial charge in [-0.1, -0.05) is 12.1 Å².